The van der Waals surface area contributed by atoms with Gasteiger partial charge in [-0.2, -0.15) is 0 Å². The molecule has 0 radical (unpaired) electrons. The molecular weight excluding hydrogens is 388 g/mol. The number of Topliss-reactive ketones (excluding diaryl/α,β-unsaturated/α-hetero) is 1. The fourth-order valence-corrected chi connectivity index (χ4v) is 3.68. The number of aromatic nitrogens is 1. The number of rotatable bonds is 7. The van der Waals surface area contributed by atoms with Gasteiger partial charge in [0.15, 0.2) is 10.9 Å². The number of ether oxygens (including phenoxy) is 2. The normalized spacial score (nSPS) is 10.5. The van der Waals surface area contributed by atoms with Crippen LogP contribution in [0.1, 0.15) is 28.4 Å². The van der Waals surface area contributed by atoms with Crippen LogP contribution in [0, 0.1) is 6.92 Å². The van der Waals surface area contributed by atoms with E-state index in [9.17, 15) is 9.59 Å². The van der Waals surface area contributed by atoms with Gasteiger partial charge in [0.05, 0.1) is 26.3 Å². The zero-order valence-electron chi connectivity index (χ0n) is 16.7. The number of nitrogens with zero attached hydrogens (tertiary/aromatic N) is 1. The van der Waals surface area contributed by atoms with Crippen LogP contribution in [0.25, 0.3) is 11.3 Å². The van der Waals surface area contributed by atoms with Gasteiger partial charge in [-0.3, -0.25) is 9.59 Å². The molecule has 2 aromatic carbocycles. The number of benzene rings is 2. The first kappa shape index (κ1) is 20.5. The average Bonchev–Trinajstić information content (AvgIpc) is 3.15. The molecule has 29 heavy (non-hydrogen) atoms. The van der Waals surface area contributed by atoms with E-state index in [4.69, 9.17) is 9.47 Å². The SMILES string of the molecule is COc1ccc(C(C)=O)cc1CC(=O)Nc1nc(-c2cc(C)ccc2OC)cs1. The van der Waals surface area contributed by atoms with Crippen LogP contribution in [0.5, 0.6) is 11.5 Å². The number of carbonyl (C=O) groups is 2. The van der Waals surface area contributed by atoms with E-state index >= 15 is 0 Å². The van der Waals surface area contributed by atoms with Gasteiger partial charge in [0, 0.05) is 22.1 Å². The molecule has 1 aromatic heterocycles. The van der Waals surface area contributed by atoms with Crippen LogP contribution in [0.2, 0.25) is 0 Å². The van der Waals surface area contributed by atoms with E-state index in [1.165, 1.54) is 25.4 Å². The van der Waals surface area contributed by atoms with Gasteiger partial charge in [0.1, 0.15) is 11.5 Å². The number of thiazole rings is 1. The maximum Gasteiger partial charge on any atom is 0.230 e. The molecule has 0 atom stereocenters. The Morgan fingerprint density at radius 1 is 1.07 bits per heavy atom. The Morgan fingerprint density at radius 3 is 2.48 bits per heavy atom. The van der Waals surface area contributed by atoms with Gasteiger partial charge in [0.2, 0.25) is 5.91 Å². The minimum atomic E-state index is -0.235. The lowest BCUT2D eigenvalue weighted by molar-refractivity contribution is -0.115. The Morgan fingerprint density at radius 2 is 1.79 bits per heavy atom. The van der Waals surface area contributed by atoms with Crippen molar-refractivity contribution < 1.29 is 19.1 Å². The molecule has 0 unspecified atom stereocenters. The van der Waals surface area contributed by atoms with Crippen LogP contribution in [0.4, 0.5) is 5.13 Å². The summed E-state index contributed by atoms with van der Waals surface area (Å²) < 4.78 is 10.7. The summed E-state index contributed by atoms with van der Waals surface area (Å²) in [6, 6.07) is 10.9. The van der Waals surface area contributed by atoms with Crippen molar-refractivity contribution >= 4 is 28.2 Å². The maximum atomic E-state index is 12.5. The molecule has 0 saturated carbocycles. The topological polar surface area (TPSA) is 77.5 Å². The summed E-state index contributed by atoms with van der Waals surface area (Å²) >= 11 is 1.34. The van der Waals surface area contributed by atoms with Crippen molar-refractivity contribution in [3.8, 4) is 22.8 Å². The summed E-state index contributed by atoms with van der Waals surface area (Å²) in [7, 11) is 3.15. The summed E-state index contributed by atoms with van der Waals surface area (Å²) in [4.78, 5) is 28.7. The predicted octanol–water partition coefficient (Wildman–Crippen LogP) is 4.52. The third-order valence-corrected chi connectivity index (χ3v) is 5.18. The molecule has 0 bridgehead atoms. The molecule has 7 heteroatoms. The Balaban J connectivity index is 1.77. The van der Waals surface area contributed by atoms with E-state index in [2.05, 4.69) is 10.3 Å². The number of hydrogen-bond donors (Lipinski definition) is 1. The quantitative estimate of drug-likeness (QED) is 0.580. The van der Waals surface area contributed by atoms with Crippen LogP contribution in [0.3, 0.4) is 0 Å². The molecule has 0 aliphatic carbocycles. The van der Waals surface area contributed by atoms with Crippen LogP contribution in [-0.4, -0.2) is 30.9 Å². The molecule has 1 heterocycles. The number of aryl methyl sites for hydroxylation is 1. The summed E-state index contributed by atoms with van der Waals surface area (Å²) in [5.74, 6) is 0.992. The second-order valence-electron chi connectivity index (χ2n) is 6.55. The lowest BCUT2D eigenvalue weighted by Crippen LogP contribution is -2.15. The van der Waals surface area contributed by atoms with E-state index in [1.807, 2.05) is 30.5 Å². The molecule has 0 spiro atoms. The zero-order valence-corrected chi connectivity index (χ0v) is 17.6. The van der Waals surface area contributed by atoms with Crippen LogP contribution in [0.15, 0.2) is 41.8 Å². The number of carbonyl (C=O) groups excluding carboxylic acids is 2. The minimum absolute atomic E-state index is 0.0639. The molecule has 0 aliphatic rings. The summed E-state index contributed by atoms with van der Waals surface area (Å²) in [6.45, 7) is 3.49. The predicted molar refractivity (Wildman–Crippen MR) is 114 cm³/mol. The second-order valence-corrected chi connectivity index (χ2v) is 7.41. The first-order valence-corrected chi connectivity index (χ1v) is 9.87. The van der Waals surface area contributed by atoms with Crippen LogP contribution in [-0.2, 0) is 11.2 Å². The fraction of sp³-hybridized carbons (Fsp3) is 0.227. The number of amides is 1. The number of anilines is 1. The maximum absolute atomic E-state index is 12.5. The third kappa shape index (κ3) is 4.81. The lowest BCUT2D eigenvalue weighted by atomic mass is 10.0. The Kier molecular flexibility index (Phi) is 6.29. The summed E-state index contributed by atoms with van der Waals surface area (Å²) in [5, 5.41) is 5.19. The molecule has 0 aliphatic heterocycles. The number of methoxy groups -OCH3 is 2. The molecule has 3 rings (SSSR count). The summed E-state index contributed by atoms with van der Waals surface area (Å²) in [6.07, 6.45) is 0.0764. The van der Waals surface area contributed by atoms with Crippen molar-refractivity contribution in [1.29, 1.82) is 0 Å². The van der Waals surface area contributed by atoms with Crippen LogP contribution < -0.4 is 14.8 Å². The largest absolute Gasteiger partial charge is 0.496 e. The molecule has 1 N–H and O–H groups in total. The van der Waals surface area contributed by atoms with Crippen LogP contribution >= 0.6 is 11.3 Å². The fourth-order valence-electron chi connectivity index (χ4n) is 2.95. The van der Waals surface area contributed by atoms with Gasteiger partial charge in [-0.25, -0.2) is 4.98 Å². The smallest absolute Gasteiger partial charge is 0.230 e. The number of hydrogen-bond acceptors (Lipinski definition) is 6. The lowest BCUT2D eigenvalue weighted by Gasteiger charge is -2.09. The molecule has 0 saturated heterocycles. The monoisotopic (exact) mass is 410 g/mol. The van der Waals surface area contributed by atoms with Crippen molar-refractivity contribution in [3.05, 3.63) is 58.5 Å². The highest BCUT2D eigenvalue weighted by molar-refractivity contribution is 7.14. The highest BCUT2D eigenvalue weighted by Gasteiger charge is 2.15. The Bertz CT molecular complexity index is 1060. The van der Waals surface area contributed by atoms with Gasteiger partial charge >= 0.3 is 0 Å². The van der Waals surface area contributed by atoms with Crippen molar-refractivity contribution in [3.63, 3.8) is 0 Å². The van der Waals surface area contributed by atoms with Gasteiger partial charge < -0.3 is 14.8 Å². The van der Waals surface area contributed by atoms with Gasteiger partial charge in [-0.1, -0.05) is 11.6 Å². The van der Waals surface area contributed by atoms with E-state index in [-0.39, 0.29) is 18.1 Å². The number of ketones is 1. The first-order valence-electron chi connectivity index (χ1n) is 8.99. The summed E-state index contributed by atoms with van der Waals surface area (Å²) in [5.41, 5.74) is 3.89. The Hall–Kier alpha value is -3.19. The van der Waals surface area contributed by atoms with E-state index in [1.54, 1.807) is 25.3 Å². The van der Waals surface area contributed by atoms with Crippen molar-refractivity contribution in [2.45, 2.75) is 20.3 Å². The van der Waals surface area contributed by atoms with Gasteiger partial charge in [-0.05, 0) is 44.2 Å². The van der Waals surface area contributed by atoms with Crippen molar-refractivity contribution in [2.24, 2.45) is 0 Å². The average molecular weight is 410 g/mol. The minimum Gasteiger partial charge on any atom is -0.496 e. The molecule has 1 amide bonds. The van der Waals surface area contributed by atoms with Crippen molar-refractivity contribution in [1.82, 2.24) is 4.98 Å². The van der Waals surface area contributed by atoms with E-state index in [0.29, 0.717) is 22.0 Å². The molecule has 150 valence electrons. The van der Waals surface area contributed by atoms with E-state index in [0.717, 1.165) is 22.6 Å². The molecule has 6 nitrogen and oxygen atoms in total. The van der Waals surface area contributed by atoms with E-state index < -0.39 is 0 Å². The highest BCUT2D eigenvalue weighted by atomic mass is 32.1. The Labute approximate surface area is 173 Å². The third-order valence-electron chi connectivity index (χ3n) is 4.42. The molecule has 0 fully saturated rings. The number of nitrogens with one attached hydrogen (secondary N) is 1. The standard InChI is InChI=1S/C22H22N2O4S/c1-13-5-7-20(28-4)17(9-13)18-12-29-22(23-18)24-21(26)11-16-10-15(14(2)25)6-8-19(16)27-3/h5-10,12H,11H2,1-4H3,(H,23,24,26). The van der Waals surface area contributed by atoms with Crippen molar-refractivity contribution in [2.75, 3.05) is 19.5 Å². The zero-order chi connectivity index (χ0) is 21.0. The van der Waals surface area contributed by atoms with Gasteiger partial charge in [0.25, 0.3) is 0 Å². The second kappa shape index (κ2) is 8.87. The molecule has 3 aromatic rings. The first-order chi connectivity index (χ1) is 13.9. The van der Waals surface area contributed by atoms with Gasteiger partial charge in [-0.15, -0.1) is 11.3 Å². The molecular formula is C22H22N2O4S. The highest BCUT2D eigenvalue weighted by Crippen LogP contribution is 2.33.